The van der Waals surface area contributed by atoms with Crippen molar-refractivity contribution in [2.24, 2.45) is 0 Å². The summed E-state index contributed by atoms with van der Waals surface area (Å²) in [4.78, 5) is 14.7. The average molecular weight is 327 g/mol. The minimum Gasteiger partial charge on any atom is -0.487 e. The van der Waals surface area contributed by atoms with Crippen LogP contribution in [-0.4, -0.2) is 33.6 Å². The Balaban J connectivity index is 1.59. The summed E-state index contributed by atoms with van der Waals surface area (Å²) < 4.78 is 5.69. The molecule has 1 aliphatic rings. The lowest BCUT2D eigenvalue weighted by molar-refractivity contribution is 0.0723. The molecule has 5 heteroatoms. The van der Waals surface area contributed by atoms with Crippen molar-refractivity contribution in [1.29, 1.82) is 0 Å². The molecule has 1 aliphatic heterocycles. The van der Waals surface area contributed by atoms with Crippen molar-refractivity contribution in [1.82, 2.24) is 15.1 Å². The molecule has 2 aromatic rings. The number of ether oxygens (including phenoxy) is 1. The summed E-state index contributed by atoms with van der Waals surface area (Å²) in [6.45, 7) is 3.41. The van der Waals surface area contributed by atoms with Crippen LogP contribution in [0.5, 0.6) is 5.75 Å². The van der Waals surface area contributed by atoms with Gasteiger partial charge in [0.25, 0.3) is 5.91 Å². The van der Waals surface area contributed by atoms with Crippen LogP contribution in [0.4, 0.5) is 0 Å². The summed E-state index contributed by atoms with van der Waals surface area (Å²) in [5.74, 6) is 0.843. The highest BCUT2D eigenvalue weighted by atomic mass is 16.5. The fraction of sp³-hybridized carbons (Fsp3) is 0.474. The number of amides is 1. The highest BCUT2D eigenvalue weighted by molar-refractivity contribution is 5.92. The number of H-pyrrole nitrogens is 1. The minimum atomic E-state index is 0.0378. The van der Waals surface area contributed by atoms with Gasteiger partial charge in [-0.25, -0.2) is 0 Å². The van der Waals surface area contributed by atoms with E-state index < -0.39 is 0 Å². The van der Waals surface area contributed by atoms with Gasteiger partial charge in [0.1, 0.15) is 12.4 Å². The third-order valence-electron chi connectivity index (χ3n) is 4.52. The number of hydrogen-bond acceptors (Lipinski definition) is 3. The van der Waals surface area contributed by atoms with Crippen LogP contribution in [0.1, 0.15) is 55.2 Å². The molecule has 1 atom stereocenters. The lowest BCUT2D eigenvalue weighted by atomic mass is 10.1. The highest BCUT2D eigenvalue weighted by Crippen LogP contribution is 2.24. The molecule has 3 rings (SSSR count). The fourth-order valence-electron chi connectivity index (χ4n) is 3.21. The first-order valence-electron chi connectivity index (χ1n) is 8.81. The van der Waals surface area contributed by atoms with Crippen molar-refractivity contribution in [2.75, 3.05) is 6.54 Å². The zero-order valence-corrected chi connectivity index (χ0v) is 14.2. The third kappa shape index (κ3) is 3.96. The number of unbranched alkanes of at least 4 members (excludes halogenated alkanes) is 1. The van der Waals surface area contributed by atoms with E-state index in [0.717, 1.165) is 37.3 Å². The summed E-state index contributed by atoms with van der Waals surface area (Å²) in [5.41, 5.74) is 1.30. The molecule has 1 aromatic carbocycles. The van der Waals surface area contributed by atoms with Crippen molar-refractivity contribution in [3.63, 3.8) is 0 Å². The molecule has 1 N–H and O–H groups in total. The number of rotatable bonds is 7. The molecular weight excluding hydrogens is 302 g/mol. The normalized spacial score (nSPS) is 17.2. The first kappa shape index (κ1) is 16.6. The number of aromatic amines is 1. The maximum Gasteiger partial charge on any atom is 0.274 e. The van der Waals surface area contributed by atoms with Crippen LogP contribution >= 0.6 is 0 Å². The van der Waals surface area contributed by atoms with Crippen LogP contribution in [0.3, 0.4) is 0 Å². The molecule has 24 heavy (non-hydrogen) atoms. The van der Waals surface area contributed by atoms with E-state index in [0.29, 0.717) is 18.3 Å². The third-order valence-corrected chi connectivity index (χ3v) is 4.52. The van der Waals surface area contributed by atoms with Crippen molar-refractivity contribution in [2.45, 2.75) is 51.7 Å². The van der Waals surface area contributed by atoms with Gasteiger partial charge in [0, 0.05) is 12.6 Å². The number of carbonyl (C=O) groups is 1. The van der Waals surface area contributed by atoms with Gasteiger partial charge in [0.2, 0.25) is 0 Å². The molecule has 1 saturated heterocycles. The van der Waals surface area contributed by atoms with Crippen LogP contribution in [0, 0.1) is 0 Å². The molecule has 0 spiro atoms. The fourth-order valence-corrected chi connectivity index (χ4v) is 3.21. The molecular formula is C19H25N3O2. The Hall–Kier alpha value is -2.30. The van der Waals surface area contributed by atoms with Gasteiger partial charge in [-0.05, 0) is 37.5 Å². The Morgan fingerprint density at radius 2 is 2.21 bits per heavy atom. The number of likely N-dealkylation sites (tertiary alicyclic amines) is 1. The first-order valence-corrected chi connectivity index (χ1v) is 8.81. The lowest BCUT2D eigenvalue weighted by Gasteiger charge is -2.23. The Morgan fingerprint density at radius 3 is 3.00 bits per heavy atom. The second-order valence-electron chi connectivity index (χ2n) is 6.32. The second-order valence-corrected chi connectivity index (χ2v) is 6.32. The SMILES string of the molecule is CCCC[C@H]1CCCN1C(=O)c1cc(COc2ccccc2)[nH]n1. The number of hydrogen-bond donors (Lipinski definition) is 1. The molecule has 2 heterocycles. The molecule has 0 bridgehead atoms. The Labute approximate surface area is 143 Å². The topological polar surface area (TPSA) is 58.2 Å². The smallest absolute Gasteiger partial charge is 0.274 e. The van der Waals surface area contributed by atoms with Crippen LogP contribution in [0.15, 0.2) is 36.4 Å². The zero-order chi connectivity index (χ0) is 16.8. The maximum atomic E-state index is 12.7. The Bertz CT molecular complexity index is 654. The van der Waals surface area contributed by atoms with E-state index in [-0.39, 0.29) is 5.91 Å². The van der Waals surface area contributed by atoms with Gasteiger partial charge >= 0.3 is 0 Å². The first-order chi connectivity index (χ1) is 11.8. The maximum absolute atomic E-state index is 12.7. The van der Waals surface area contributed by atoms with Crippen LogP contribution in [0.25, 0.3) is 0 Å². The van der Waals surface area contributed by atoms with Crippen molar-refractivity contribution in [3.8, 4) is 5.75 Å². The molecule has 1 amide bonds. The molecule has 1 fully saturated rings. The Kier molecular flexibility index (Phi) is 5.51. The average Bonchev–Trinajstić information content (AvgIpc) is 3.28. The summed E-state index contributed by atoms with van der Waals surface area (Å²) in [7, 11) is 0. The number of carbonyl (C=O) groups excluding carboxylic acids is 1. The van der Waals surface area contributed by atoms with Gasteiger partial charge in [-0.2, -0.15) is 5.10 Å². The van der Waals surface area contributed by atoms with Gasteiger partial charge in [-0.1, -0.05) is 38.0 Å². The van der Waals surface area contributed by atoms with Gasteiger partial charge in [0.05, 0.1) is 5.69 Å². The van der Waals surface area contributed by atoms with E-state index in [2.05, 4.69) is 17.1 Å². The van der Waals surface area contributed by atoms with Crippen LogP contribution in [-0.2, 0) is 6.61 Å². The summed E-state index contributed by atoms with van der Waals surface area (Å²) in [5, 5.41) is 7.11. The summed E-state index contributed by atoms with van der Waals surface area (Å²) in [6, 6.07) is 11.8. The predicted octanol–water partition coefficient (Wildman–Crippen LogP) is 3.78. The van der Waals surface area contributed by atoms with E-state index in [9.17, 15) is 4.79 Å². The monoisotopic (exact) mass is 327 g/mol. The van der Waals surface area contributed by atoms with E-state index in [1.54, 1.807) is 6.07 Å². The standard InChI is InChI=1S/C19H25N3O2/c1-2-3-8-16-9-7-12-22(16)19(23)18-13-15(20-21-18)14-24-17-10-5-4-6-11-17/h4-6,10-11,13,16H,2-3,7-9,12,14H2,1H3,(H,20,21)/t16-/m0/s1. The minimum absolute atomic E-state index is 0.0378. The van der Waals surface area contributed by atoms with Crippen LogP contribution < -0.4 is 4.74 Å². The zero-order valence-electron chi connectivity index (χ0n) is 14.2. The van der Waals surface area contributed by atoms with Gasteiger partial charge in [-0.15, -0.1) is 0 Å². The van der Waals surface area contributed by atoms with Gasteiger partial charge in [0.15, 0.2) is 5.69 Å². The predicted molar refractivity (Wildman–Crippen MR) is 92.9 cm³/mol. The van der Waals surface area contributed by atoms with Crippen molar-refractivity contribution in [3.05, 3.63) is 47.8 Å². The van der Waals surface area contributed by atoms with E-state index in [1.807, 2.05) is 35.2 Å². The van der Waals surface area contributed by atoms with Gasteiger partial charge in [-0.3, -0.25) is 9.89 Å². The number of benzene rings is 1. The number of para-hydroxylation sites is 1. The Morgan fingerprint density at radius 1 is 1.38 bits per heavy atom. The van der Waals surface area contributed by atoms with Crippen molar-refractivity contribution < 1.29 is 9.53 Å². The molecule has 0 aliphatic carbocycles. The quantitative estimate of drug-likeness (QED) is 0.842. The second kappa shape index (κ2) is 7.99. The number of nitrogens with zero attached hydrogens (tertiary/aromatic N) is 2. The molecule has 5 nitrogen and oxygen atoms in total. The molecule has 0 unspecified atom stereocenters. The van der Waals surface area contributed by atoms with E-state index in [4.69, 9.17) is 4.74 Å². The highest BCUT2D eigenvalue weighted by Gasteiger charge is 2.30. The summed E-state index contributed by atoms with van der Waals surface area (Å²) >= 11 is 0. The largest absolute Gasteiger partial charge is 0.487 e. The van der Waals surface area contributed by atoms with E-state index in [1.165, 1.54) is 12.8 Å². The number of nitrogens with one attached hydrogen (secondary N) is 1. The molecule has 128 valence electrons. The van der Waals surface area contributed by atoms with E-state index >= 15 is 0 Å². The van der Waals surface area contributed by atoms with Gasteiger partial charge < -0.3 is 9.64 Å². The molecule has 0 saturated carbocycles. The van der Waals surface area contributed by atoms with Crippen molar-refractivity contribution >= 4 is 5.91 Å². The summed E-state index contributed by atoms with van der Waals surface area (Å²) in [6.07, 6.45) is 5.64. The number of aromatic nitrogens is 2. The van der Waals surface area contributed by atoms with Crippen LogP contribution in [0.2, 0.25) is 0 Å². The molecule has 1 aromatic heterocycles. The lowest BCUT2D eigenvalue weighted by Crippen LogP contribution is -2.35. The molecule has 0 radical (unpaired) electrons.